The molecule has 2 rings (SSSR count). The maximum Gasteiger partial charge on any atom is 0.319 e. The lowest BCUT2D eigenvalue weighted by Crippen LogP contribution is -2.51. The van der Waals surface area contributed by atoms with E-state index in [0.29, 0.717) is 12.2 Å². The number of ether oxygens (including phenoxy) is 1. The number of amides is 2. The molecular formula is C16H19FN2O3. The first-order valence-electron chi connectivity index (χ1n) is 7.21. The molecule has 2 amide bonds. The summed E-state index contributed by atoms with van der Waals surface area (Å²) in [7, 11) is 0. The minimum atomic E-state index is -0.750. The summed E-state index contributed by atoms with van der Waals surface area (Å²) in [5, 5.41) is 5.16. The lowest BCUT2D eigenvalue weighted by Gasteiger charge is -2.33. The zero-order valence-electron chi connectivity index (χ0n) is 12.4. The van der Waals surface area contributed by atoms with Crippen LogP contribution in [-0.4, -0.2) is 18.6 Å². The molecule has 1 aliphatic rings. The van der Waals surface area contributed by atoms with Crippen molar-refractivity contribution in [2.24, 2.45) is 5.92 Å². The van der Waals surface area contributed by atoms with E-state index >= 15 is 0 Å². The minimum absolute atomic E-state index is 0.277. The number of nitrogens with one attached hydrogen (secondary N) is 2. The second-order valence-corrected chi connectivity index (χ2v) is 5.15. The van der Waals surface area contributed by atoms with Crippen molar-refractivity contribution in [3.8, 4) is 0 Å². The molecule has 0 aromatic heterocycles. The zero-order chi connectivity index (χ0) is 16.1. The van der Waals surface area contributed by atoms with Gasteiger partial charge in [0.15, 0.2) is 0 Å². The number of hydrogen-bond acceptors (Lipinski definition) is 3. The maximum absolute atomic E-state index is 13.1. The maximum atomic E-state index is 13.1. The first kappa shape index (κ1) is 16.0. The van der Waals surface area contributed by atoms with Crippen molar-refractivity contribution >= 4 is 12.0 Å². The Balaban J connectivity index is 2.21. The highest BCUT2D eigenvalue weighted by Gasteiger charge is 2.38. The van der Waals surface area contributed by atoms with Gasteiger partial charge in [0.05, 0.1) is 12.6 Å². The quantitative estimate of drug-likeness (QED) is 0.649. The lowest BCUT2D eigenvalue weighted by molar-refractivity contribution is -0.148. The summed E-state index contributed by atoms with van der Waals surface area (Å²) in [6, 6.07) is 4.56. The van der Waals surface area contributed by atoms with E-state index in [1.54, 1.807) is 0 Å². The molecule has 1 aromatic carbocycles. The second kappa shape index (κ2) is 7.06. The van der Waals surface area contributed by atoms with Gasteiger partial charge < -0.3 is 15.4 Å². The summed E-state index contributed by atoms with van der Waals surface area (Å²) in [5.41, 5.74) is 0.898. The van der Waals surface area contributed by atoms with E-state index < -0.39 is 24.0 Å². The second-order valence-electron chi connectivity index (χ2n) is 5.15. The molecule has 2 atom stereocenters. The van der Waals surface area contributed by atoms with Gasteiger partial charge in [0.1, 0.15) is 11.7 Å². The van der Waals surface area contributed by atoms with Crippen molar-refractivity contribution in [1.29, 1.82) is 0 Å². The average molecular weight is 306 g/mol. The minimum Gasteiger partial charge on any atom is -0.465 e. The fourth-order valence-electron chi connectivity index (χ4n) is 2.32. The number of urea groups is 1. The Morgan fingerprint density at radius 3 is 2.68 bits per heavy atom. The van der Waals surface area contributed by atoms with Gasteiger partial charge in [0.2, 0.25) is 0 Å². The molecule has 0 spiro atoms. The van der Waals surface area contributed by atoms with Gasteiger partial charge in [0.25, 0.3) is 0 Å². The third-order valence-corrected chi connectivity index (χ3v) is 3.49. The number of carbonyl (C=O) groups is 2. The Bertz CT molecular complexity index is 571. The summed E-state index contributed by atoms with van der Waals surface area (Å²) >= 11 is 0. The largest absolute Gasteiger partial charge is 0.465 e. The molecule has 5 nitrogen and oxygen atoms in total. The number of esters is 1. The third kappa shape index (κ3) is 3.63. The van der Waals surface area contributed by atoms with Crippen molar-refractivity contribution in [3.05, 3.63) is 47.9 Å². The van der Waals surface area contributed by atoms with Gasteiger partial charge in [-0.1, -0.05) is 32.1 Å². The molecule has 1 heterocycles. The molecule has 1 fully saturated rings. The number of rotatable bonds is 5. The molecule has 1 aromatic rings. The van der Waals surface area contributed by atoms with Crippen molar-refractivity contribution in [3.63, 3.8) is 0 Å². The molecule has 0 saturated carbocycles. The predicted molar refractivity (Wildman–Crippen MR) is 79.3 cm³/mol. The van der Waals surface area contributed by atoms with Crippen LogP contribution in [0.15, 0.2) is 36.5 Å². The summed E-state index contributed by atoms with van der Waals surface area (Å²) < 4.78 is 18.3. The normalized spacial score (nSPS) is 21.0. The van der Waals surface area contributed by atoms with E-state index in [0.717, 1.165) is 12.8 Å². The van der Waals surface area contributed by atoms with E-state index in [-0.39, 0.29) is 11.5 Å². The van der Waals surface area contributed by atoms with Crippen LogP contribution in [0.5, 0.6) is 0 Å². The van der Waals surface area contributed by atoms with Crippen LogP contribution >= 0.6 is 0 Å². The number of hydrogen-bond donors (Lipinski definition) is 2. The molecule has 0 radical (unpaired) electrons. The third-order valence-electron chi connectivity index (χ3n) is 3.49. The van der Waals surface area contributed by atoms with Gasteiger partial charge in [-0.2, -0.15) is 0 Å². The first-order chi connectivity index (χ1) is 10.5. The Kier molecular flexibility index (Phi) is 5.14. The number of unbranched alkanes of at least 4 members (excludes halogenated alkanes) is 1. The molecule has 0 unspecified atom stereocenters. The molecule has 118 valence electrons. The van der Waals surface area contributed by atoms with Crippen molar-refractivity contribution < 1.29 is 18.7 Å². The SMILES string of the molecule is C=C1NC(=O)N[C@H](c2ccc(F)cc2)[C@H]1C(=O)OCCCC. The van der Waals surface area contributed by atoms with E-state index in [4.69, 9.17) is 4.74 Å². The van der Waals surface area contributed by atoms with Gasteiger partial charge in [-0.3, -0.25) is 4.79 Å². The van der Waals surface area contributed by atoms with Crippen LogP contribution in [-0.2, 0) is 9.53 Å². The zero-order valence-corrected chi connectivity index (χ0v) is 12.4. The van der Waals surface area contributed by atoms with Crippen LogP contribution in [0, 0.1) is 11.7 Å². The molecule has 0 aliphatic carbocycles. The summed E-state index contributed by atoms with van der Waals surface area (Å²) in [6.45, 7) is 6.06. The lowest BCUT2D eigenvalue weighted by atomic mass is 9.89. The number of benzene rings is 1. The van der Waals surface area contributed by atoms with Crippen LogP contribution < -0.4 is 10.6 Å². The topological polar surface area (TPSA) is 67.4 Å². The van der Waals surface area contributed by atoms with Crippen LogP contribution in [0.2, 0.25) is 0 Å². The van der Waals surface area contributed by atoms with E-state index in [9.17, 15) is 14.0 Å². The molecule has 0 bridgehead atoms. The van der Waals surface area contributed by atoms with Gasteiger partial charge >= 0.3 is 12.0 Å². The molecule has 6 heteroatoms. The van der Waals surface area contributed by atoms with E-state index in [2.05, 4.69) is 17.2 Å². The Labute approximate surface area is 128 Å². The van der Waals surface area contributed by atoms with Crippen molar-refractivity contribution in [2.45, 2.75) is 25.8 Å². The predicted octanol–water partition coefficient (Wildman–Crippen LogP) is 2.65. The fraction of sp³-hybridized carbons (Fsp3) is 0.375. The average Bonchev–Trinajstić information content (AvgIpc) is 2.47. The summed E-state index contributed by atoms with van der Waals surface area (Å²) in [6.07, 6.45) is 1.68. The van der Waals surface area contributed by atoms with E-state index in [1.165, 1.54) is 24.3 Å². The fourth-order valence-corrected chi connectivity index (χ4v) is 2.32. The van der Waals surface area contributed by atoms with E-state index in [1.807, 2.05) is 6.92 Å². The highest BCUT2D eigenvalue weighted by molar-refractivity contribution is 5.85. The molecular weight excluding hydrogens is 287 g/mol. The summed E-state index contributed by atoms with van der Waals surface area (Å²) in [4.78, 5) is 23.9. The molecule has 22 heavy (non-hydrogen) atoms. The highest BCUT2D eigenvalue weighted by atomic mass is 19.1. The van der Waals surface area contributed by atoms with Crippen LogP contribution in [0.3, 0.4) is 0 Å². The standard InChI is InChI=1S/C16H19FN2O3/c1-3-4-9-22-15(20)13-10(2)18-16(21)19-14(13)11-5-7-12(17)8-6-11/h5-8,13-14H,2-4,9H2,1H3,(H2,18,19,21)/t13-,14+/m0/s1. The van der Waals surface area contributed by atoms with Gasteiger partial charge in [-0.05, 0) is 24.1 Å². The molecule has 1 saturated heterocycles. The summed E-state index contributed by atoms with van der Waals surface area (Å²) in [5.74, 6) is -1.59. The number of halogens is 1. The van der Waals surface area contributed by atoms with Crippen molar-refractivity contribution in [2.75, 3.05) is 6.61 Å². The van der Waals surface area contributed by atoms with Gasteiger partial charge in [-0.25, -0.2) is 9.18 Å². The van der Waals surface area contributed by atoms with Crippen LogP contribution in [0.4, 0.5) is 9.18 Å². The molecule has 2 N–H and O–H groups in total. The molecule has 1 aliphatic heterocycles. The monoisotopic (exact) mass is 306 g/mol. The Hall–Kier alpha value is -2.37. The first-order valence-corrected chi connectivity index (χ1v) is 7.21. The number of carbonyl (C=O) groups excluding carboxylic acids is 2. The van der Waals surface area contributed by atoms with Crippen LogP contribution in [0.1, 0.15) is 31.4 Å². The van der Waals surface area contributed by atoms with Gasteiger partial charge in [0, 0.05) is 5.70 Å². The Morgan fingerprint density at radius 1 is 1.36 bits per heavy atom. The smallest absolute Gasteiger partial charge is 0.319 e. The van der Waals surface area contributed by atoms with Gasteiger partial charge in [-0.15, -0.1) is 0 Å². The van der Waals surface area contributed by atoms with Crippen LogP contribution in [0.25, 0.3) is 0 Å². The highest BCUT2D eigenvalue weighted by Crippen LogP contribution is 2.30. The van der Waals surface area contributed by atoms with Crippen molar-refractivity contribution in [1.82, 2.24) is 10.6 Å². The Morgan fingerprint density at radius 2 is 2.05 bits per heavy atom.